The van der Waals surface area contributed by atoms with E-state index in [1.807, 2.05) is 13.8 Å². The molecule has 20 heavy (non-hydrogen) atoms. The second-order valence-electron chi connectivity index (χ2n) is 7.30. The van der Waals surface area contributed by atoms with Crippen molar-refractivity contribution in [3.63, 3.8) is 0 Å². The van der Waals surface area contributed by atoms with E-state index in [0.717, 1.165) is 19.3 Å². The number of hydrogen-bond donors (Lipinski definition) is 1. The van der Waals surface area contributed by atoms with Crippen LogP contribution in [0.3, 0.4) is 0 Å². The van der Waals surface area contributed by atoms with E-state index in [4.69, 9.17) is 19.2 Å². The van der Waals surface area contributed by atoms with Gasteiger partial charge in [-0.25, -0.2) is 9.78 Å². The molecule has 4 heterocycles. The summed E-state index contributed by atoms with van der Waals surface area (Å²) in [5, 5.41) is 10.2. The van der Waals surface area contributed by atoms with Gasteiger partial charge in [0.2, 0.25) is 5.79 Å². The van der Waals surface area contributed by atoms with Gasteiger partial charge in [-0.1, -0.05) is 13.8 Å². The Morgan fingerprint density at radius 2 is 1.85 bits per heavy atom. The molecule has 5 aliphatic rings. The summed E-state index contributed by atoms with van der Waals surface area (Å²) in [7, 11) is 0. The highest BCUT2D eigenvalue weighted by Crippen LogP contribution is 2.60. The van der Waals surface area contributed by atoms with Crippen molar-refractivity contribution in [2.75, 3.05) is 0 Å². The quantitative estimate of drug-likeness (QED) is 0.691. The first-order valence-corrected chi connectivity index (χ1v) is 7.84. The average Bonchev–Trinajstić information content (AvgIpc) is 2.63. The van der Waals surface area contributed by atoms with Gasteiger partial charge < -0.3 is 14.6 Å². The molecular formula is C15H24O5. The number of fused-ring (bicyclic) bond motifs is 2. The van der Waals surface area contributed by atoms with E-state index in [-0.39, 0.29) is 11.8 Å². The summed E-state index contributed by atoms with van der Waals surface area (Å²) >= 11 is 0. The van der Waals surface area contributed by atoms with Gasteiger partial charge in [0.25, 0.3) is 0 Å². The molecule has 0 radical (unpaired) electrons. The lowest BCUT2D eigenvalue weighted by Gasteiger charge is -2.59. The summed E-state index contributed by atoms with van der Waals surface area (Å²) < 4.78 is 11.9. The molecule has 0 amide bonds. The molecule has 114 valence electrons. The van der Waals surface area contributed by atoms with Crippen LogP contribution in [-0.4, -0.2) is 29.1 Å². The van der Waals surface area contributed by atoms with E-state index in [0.29, 0.717) is 11.8 Å². The van der Waals surface area contributed by atoms with Gasteiger partial charge in [-0.15, -0.1) is 0 Å². The Balaban J connectivity index is 1.82. The predicted molar refractivity (Wildman–Crippen MR) is 69.0 cm³/mol. The van der Waals surface area contributed by atoms with Crippen molar-refractivity contribution in [1.29, 1.82) is 0 Å². The molecule has 0 aromatic heterocycles. The van der Waals surface area contributed by atoms with Crippen LogP contribution in [0.4, 0.5) is 0 Å². The lowest BCUT2D eigenvalue weighted by molar-refractivity contribution is -0.576. The van der Waals surface area contributed by atoms with Crippen LogP contribution in [0.15, 0.2) is 0 Å². The summed E-state index contributed by atoms with van der Waals surface area (Å²) in [5.74, 6) is 0.437. The minimum atomic E-state index is -0.781. The number of aliphatic hydroxyl groups excluding tert-OH is 1. The largest absolute Gasteiger partial charge is 0.368 e. The molecule has 0 aromatic carbocycles. The summed E-state index contributed by atoms with van der Waals surface area (Å²) in [6.07, 6.45) is 2.72. The Morgan fingerprint density at radius 3 is 2.65 bits per heavy atom. The number of rotatable bonds is 0. The topological polar surface area (TPSA) is 57.2 Å². The molecule has 1 spiro atoms. The first kappa shape index (κ1) is 13.5. The van der Waals surface area contributed by atoms with Crippen molar-refractivity contribution in [3.05, 3.63) is 0 Å². The highest BCUT2D eigenvalue weighted by Gasteiger charge is 2.69. The van der Waals surface area contributed by atoms with Crippen molar-refractivity contribution in [2.24, 2.45) is 23.7 Å². The van der Waals surface area contributed by atoms with Gasteiger partial charge in [0.05, 0.1) is 0 Å². The molecule has 1 aliphatic carbocycles. The van der Waals surface area contributed by atoms with Crippen LogP contribution in [-0.2, 0) is 19.2 Å². The van der Waals surface area contributed by atoms with Gasteiger partial charge in [0.15, 0.2) is 18.2 Å². The molecule has 5 nitrogen and oxygen atoms in total. The van der Waals surface area contributed by atoms with Crippen LogP contribution >= 0.6 is 0 Å². The minimum absolute atomic E-state index is 0.0379. The highest BCUT2D eigenvalue weighted by molar-refractivity contribution is 5.08. The molecule has 2 bridgehead atoms. The number of hydrogen-bond acceptors (Lipinski definition) is 5. The first-order chi connectivity index (χ1) is 9.46. The molecule has 5 fully saturated rings. The summed E-state index contributed by atoms with van der Waals surface area (Å²) in [4.78, 5) is 11.6. The minimum Gasteiger partial charge on any atom is -0.368 e. The maximum absolute atomic E-state index is 10.2. The van der Waals surface area contributed by atoms with Gasteiger partial charge in [-0.3, -0.25) is 0 Å². The molecule has 3 unspecified atom stereocenters. The second kappa shape index (κ2) is 4.17. The molecule has 1 saturated carbocycles. The van der Waals surface area contributed by atoms with E-state index in [9.17, 15) is 5.11 Å². The zero-order valence-corrected chi connectivity index (χ0v) is 12.4. The third-order valence-corrected chi connectivity index (χ3v) is 6.12. The standard InChI is InChI=1S/C15H24O5/c1-8-4-5-11-9(2)12(16)17-13-15(11)10(8)6-7-14(3,18-13)19-20-15/h8-13,16H,4-7H2,1-3H3/t8?,9-,10+,11+,12?,13?,14-,15-/m1/s1. The lowest BCUT2D eigenvalue weighted by Crippen LogP contribution is -2.70. The third-order valence-electron chi connectivity index (χ3n) is 6.12. The van der Waals surface area contributed by atoms with Crippen molar-refractivity contribution >= 4 is 0 Å². The van der Waals surface area contributed by atoms with Crippen LogP contribution in [0.25, 0.3) is 0 Å². The highest BCUT2D eigenvalue weighted by atomic mass is 17.3. The van der Waals surface area contributed by atoms with Gasteiger partial charge in [-0.2, -0.15) is 0 Å². The van der Waals surface area contributed by atoms with E-state index in [1.54, 1.807) is 0 Å². The Kier molecular flexibility index (Phi) is 2.81. The fraction of sp³-hybridized carbons (Fsp3) is 1.00. The molecular weight excluding hydrogens is 260 g/mol. The average molecular weight is 284 g/mol. The maximum atomic E-state index is 10.2. The molecule has 5 heteroatoms. The fourth-order valence-electron chi connectivity index (χ4n) is 4.89. The number of ether oxygens (including phenoxy) is 2. The van der Waals surface area contributed by atoms with E-state index < -0.39 is 24.0 Å². The van der Waals surface area contributed by atoms with E-state index in [2.05, 4.69) is 6.92 Å². The molecule has 1 N–H and O–H groups in total. The molecule has 8 atom stereocenters. The summed E-state index contributed by atoms with van der Waals surface area (Å²) in [6, 6.07) is 0. The van der Waals surface area contributed by atoms with Crippen molar-refractivity contribution in [2.45, 2.75) is 70.4 Å². The normalized spacial score (nSPS) is 61.8. The van der Waals surface area contributed by atoms with Crippen LogP contribution < -0.4 is 0 Å². The van der Waals surface area contributed by atoms with Crippen LogP contribution in [0.1, 0.15) is 46.5 Å². The Hall–Kier alpha value is -0.200. The van der Waals surface area contributed by atoms with Crippen LogP contribution in [0.5, 0.6) is 0 Å². The zero-order chi connectivity index (χ0) is 14.1. The van der Waals surface area contributed by atoms with Gasteiger partial charge in [0.1, 0.15) is 0 Å². The van der Waals surface area contributed by atoms with Crippen LogP contribution in [0, 0.1) is 23.7 Å². The van der Waals surface area contributed by atoms with Crippen molar-refractivity contribution in [1.82, 2.24) is 0 Å². The van der Waals surface area contributed by atoms with Crippen molar-refractivity contribution in [3.8, 4) is 0 Å². The summed E-state index contributed by atoms with van der Waals surface area (Å²) in [6.45, 7) is 6.22. The van der Waals surface area contributed by atoms with Gasteiger partial charge in [0, 0.05) is 18.3 Å². The fourth-order valence-corrected chi connectivity index (χ4v) is 4.89. The molecule has 0 aromatic rings. The molecule has 4 aliphatic heterocycles. The predicted octanol–water partition coefficient (Wildman–Crippen LogP) is 2.19. The molecule has 5 rings (SSSR count). The Bertz CT molecular complexity index is 411. The van der Waals surface area contributed by atoms with Crippen LogP contribution in [0.2, 0.25) is 0 Å². The lowest BCUT2D eigenvalue weighted by atomic mass is 9.58. The Labute approximate surface area is 119 Å². The summed E-state index contributed by atoms with van der Waals surface area (Å²) in [5.41, 5.74) is -0.549. The first-order valence-electron chi connectivity index (χ1n) is 7.84. The maximum Gasteiger partial charge on any atom is 0.201 e. The SMILES string of the molecule is CC1CC[C@H]2[C@@H](C)C(O)OC3O[C@@]4(C)CC[C@@H]1[C@]32OO4. The third kappa shape index (κ3) is 1.56. The van der Waals surface area contributed by atoms with Gasteiger partial charge in [-0.05, 0) is 38.0 Å². The molecule has 4 saturated heterocycles. The Morgan fingerprint density at radius 1 is 1.05 bits per heavy atom. The zero-order valence-electron chi connectivity index (χ0n) is 12.4. The van der Waals surface area contributed by atoms with E-state index >= 15 is 0 Å². The van der Waals surface area contributed by atoms with Crippen molar-refractivity contribution < 1.29 is 24.4 Å². The number of aliphatic hydroxyl groups is 1. The smallest absolute Gasteiger partial charge is 0.201 e. The van der Waals surface area contributed by atoms with Gasteiger partial charge >= 0.3 is 0 Å². The van der Waals surface area contributed by atoms with E-state index in [1.165, 1.54) is 6.42 Å². The monoisotopic (exact) mass is 284 g/mol. The second-order valence-corrected chi connectivity index (χ2v) is 7.30.